The van der Waals surface area contributed by atoms with Gasteiger partial charge in [-0.3, -0.25) is 0 Å². The molecule has 1 unspecified atom stereocenters. The molecule has 2 nitrogen and oxygen atoms in total. The molecule has 0 bridgehead atoms. The van der Waals surface area contributed by atoms with E-state index in [0.717, 1.165) is 0 Å². The van der Waals surface area contributed by atoms with Crippen LogP contribution in [0.15, 0.2) is 36.3 Å². The van der Waals surface area contributed by atoms with Crippen molar-refractivity contribution >= 4 is 26.2 Å². The van der Waals surface area contributed by atoms with Crippen molar-refractivity contribution in [3.8, 4) is 0 Å². The first-order valence-electron chi connectivity index (χ1n) is 6.32. The monoisotopic (exact) mass is 282 g/mol. The maximum absolute atomic E-state index is 5.82. The Labute approximate surface area is 116 Å². The van der Waals surface area contributed by atoms with E-state index >= 15 is 0 Å². The van der Waals surface area contributed by atoms with Crippen LogP contribution in [0.5, 0.6) is 0 Å². The summed E-state index contributed by atoms with van der Waals surface area (Å²) in [6.07, 6.45) is 0. The minimum atomic E-state index is -1.76. The van der Waals surface area contributed by atoms with E-state index in [1.54, 1.807) is 11.8 Å². The van der Waals surface area contributed by atoms with E-state index in [9.17, 15) is 0 Å². The van der Waals surface area contributed by atoms with Gasteiger partial charge in [-0.05, 0) is 36.9 Å². The molecule has 0 N–H and O–H groups in total. The van der Waals surface area contributed by atoms with Crippen LogP contribution in [0.25, 0.3) is 0 Å². The summed E-state index contributed by atoms with van der Waals surface area (Å²) in [5.41, 5.74) is 1.31. The summed E-state index contributed by atoms with van der Waals surface area (Å²) in [5.74, 6) is 0. The molecule has 0 aliphatic heterocycles. The molecule has 1 atom stereocenters. The van der Waals surface area contributed by atoms with Crippen LogP contribution in [0.2, 0.25) is 0 Å². The number of hydrogen-bond donors (Lipinski definition) is 0. The average Bonchev–Trinajstić information content (AvgIpc) is 2.39. The Balaban J connectivity index is 3.00. The molecule has 1 rings (SSSR count). The van der Waals surface area contributed by atoms with Crippen LogP contribution in [-0.4, -0.2) is 22.5 Å². The predicted molar refractivity (Wildman–Crippen MR) is 82.7 cm³/mol. The molecule has 0 spiro atoms. The van der Waals surface area contributed by atoms with Crippen molar-refractivity contribution in [2.24, 2.45) is 0 Å². The molecule has 0 saturated heterocycles. The number of rotatable bonds is 8. The topological polar surface area (TPSA) is 18.5 Å². The van der Waals surface area contributed by atoms with E-state index in [0.29, 0.717) is 18.5 Å². The van der Waals surface area contributed by atoms with E-state index < -0.39 is 9.28 Å². The molecule has 0 saturated carbocycles. The third-order valence-corrected chi connectivity index (χ3v) is 5.78. The van der Waals surface area contributed by atoms with Gasteiger partial charge >= 0.3 is 9.28 Å². The Morgan fingerprint density at radius 2 is 1.89 bits per heavy atom. The molecule has 0 aromatic heterocycles. The molecule has 100 valence electrons. The zero-order chi connectivity index (χ0) is 13.4. The molecule has 1 aromatic carbocycles. The van der Waals surface area contributed by atoms with Crippen molar-refractivity contribution in [3.63, 3.8) is 0 Å². The number of thioether (sulfide) groups is 1. The Bertz CT molecular complexity index is 365. The normalized spacial score (nSPS) is 12.7. The summed E-state index contributed by atoms with van der Waals surface area (Å²) in [6.45, 7) is 11.4. The van der Waals surface area contributed by atoms with Crippen molar-refractivity contribution in [2.45, 2.75) is 26.0 Å². The lowest BCUT2D eigenvalue weighted by molar-refractivity contribution is 0.225. The van der Waals surface area contributed by atoms with Crippen molar-refractivity contribution in [1.82, 2.24) is 0 Å². The van der Waals surface area contributed by atoms with E-state index in [1.165, 1.54) is 10.8 Å². The van der Waals surface area contributed by atoms with Gasteiger partial charge in [0.05, 0.1) is 0 Å². The van der Waals surface area contributed by atoms with Crippen molar-refractivity contribution in [1.29, 1.82) is 0 Å². The average molecular weight is 282 g/mol. The summed E-state index contributed by atoms with van der Waals surface area (Å²) in [5, 5.41) is 3.52. The summed E-state index contributed by atoms with van der Waals surface area (Å²) >= 11 is 1.73. The summed E-state index contributed by atoms with van der Waals surface area (Å²) in [7, 11) is -1.76. The first kappa shape index (κ1) is 15.5. The zero-order valence-electron chi connectivity index (χ0n) is 11.4. The molecular weight excluding hydrogens is 260 g/mol. The first-order valence-corrected chi connectivity index (χ1v) is 8.79. The second-order valence-electron chi connectivity index (χ2n) is 3.82. The Kier molecular flexibility index (Phi) is 7.35. The second kappa shape index (κ2) is 8.53. The fourth-order valence-corrected chi connectivity index (χ4v) is 4.56. The molecule has 0 fully saturated rings. The quantitative estimate of drug-likeness (QED) is 0.683. The highest BCUT2D eigenvalue weighted by molar-refractivity contribution is 8.02. The zero-order valence-corrected chi connectivity index (χ0v) is 13.4. The molecule has 18 heavy (non-hydrogen) atoms. The largest absolute Gasteiger partial charge is 0.394 e. The van der Waals surface area contributed by atoms with Gasteiger partial charge in [0, 0.05) is 18.5 Å². The van der Waals surface area contributed by atoms with Gasteiger partial charge in [-0.25, -0.2) is 0 Å². The van der Waals surface area contributed by atoms with Gasteiger partial charge in [0.1, 0.15) is 0 Å². The smallest absolute Gasteiger partial charge is 0.356 e. The van der Waals surface area contributed by atoms with Crippen LogP contribution in [0, 0.1) is 0 Å². The SMILES string of the molecule is C=CSC(C)c1ccccc1[SiH](OCC)OCC. The molecular formula is C14H22O2SSi. The maximum atomic E-state index is 5.82. The van der Waals surface area contributed by atoms with E-state index in [1.807, 2.05) is 19.3 Å². The van der Waals surface area contributed by atoms with Crippen LogP contribution in [0.1, 0.15) is 31.6 Å². The second-order valence-corrected chi connectivity index (χ2v) is 7.08. The molecule has 0 heterocycles. The van der Waals surface area contributed by atoms with Crippen LogP contribution in [0.4, 0.5) is 0 Å². The molecule has 1 aromatic rings. The lowest BCUT2D eigenvalue weighted by Gasteiger charge is -2.20. The fourth-order valence-electron chi connectivity index (χ4n) is 1.84. The van der Waals surface area contributed by atoms with Crippen LogP contribution >= 0.6 is 11.8 Å². The van der Waals surface area contributed by atoms with Crippen molar-refractivity contribution < 1.29 is 8.85 Å². The lowest BCUT2D eigenvalue weighted by atomic mass is 10.2. The Hall–Kier alpha value is -0.553. The highest BCUT2D eigenvalue weighted by Gasteiger charge is 2.21. The van der Waals surface area contributed by atoms with Gasteiger partial charge in [-0.2, -0.15) is 0 Å². The molecule has 0 amide bonds. The van der Waals surface area contributed by atoms with Crippen LogP contribution in [-0.2, 0) is 8.85 Å². The van der Waals surface area contributed by atoms with Crippen molar-refractivity contribution in [2.75, 3.05) is 13.2 Å². The van der Waals surface area contributed by atoms with Gasteiger partial charge in [-0.15, -0.1) is 11.8 Å². The minimum absolute atomic E-state index is 0.384. The third kappa shape index (κ3) is 4.28. The van der Waals surface area contributed by atoms with Gasteiger partial charge < -0.3 is 8.85 Å². The van der Waals surface area contributed by atoms with Crippen LogP contribution < -0.4 is 5.19 Å². The predicted octanol–water partition coefficient (Wildman–Crippen LogP) is 3.12. The van der Waals surface area contributed by atoms with Gasteiger partial charge in [0.15, 0.2) is 0 Å². The van der Waals surface area contributed by atoms with Gasteiger partial charge in [0.25, 0.3) is 0 Å². The van der Waals surface area contributed by atoms with E-state index in [2.05, 4.69) is 37.8 Å². The molecule has 0 radical (unpaired) electrons. The van der Waals surface area contributed by atoms with Gasteiger partial charge in [0.2, 0.25) is 0 Å². The fraction of sp³-hybridized carbons (Fsp3) is 0.429. The Morgan fingerprint density at radius 1 is 1.28 bits per heavy atom. The summed E-state index contributed by atoms with van der Waals surface area (Å²) in [6, 6.07) is 8.43. The molecule has 4 heteroatoms. The maximum Gasteiger partial charge on any atom is 0.356 e. The molecule has 0 aliphatic carbocycles. The highest BCUT2D eigenvalue weighted by atomic mass is 32.2. The standard InChI is InChI=1S/C14H22O2SSi/c1-5-15-18(16-6-2)14-11-9-8-10-13(14)12(4)17-7-3/h7-12,18H,3,5-6H2,1-2,4H3. The van der Waals surface area contributed by atoms with E-state index in [-0.39, 0.29) is 0 Å². The third-order valence-electron chi connectivity index (χ3n) is 2.62. The Morgan fingerprint density at radius 3 is 2.44 bits per heavy atom. The van der Waals surface area contributed by atoms with Crippen molar-refractivity contribution in [3.05, 3.63) is 41.8 Å². The van der Waals surface area contributed by atoms with Gasteiger partial charge in [-0.1, -0.05) is 30.8 Å². The first-order chi connectivity index (χ1) is 8.74. The number of benzene rings is 1. The van der Waals surface area contributed by atoms with Crippen LogP contribution in [0.3, 0.4) is 0 Å². The number of hydrogen-bond acceptors (Lipinski definition) is 3. The highest BCUT2D eigenvalue weighted by Crippen LogP contribution is 2.27. The summed E-state index contributed by atoms with van der Waals surface area (Å²) < 4.78 is 11.6. The minimum Gasteiger partial charge on any atom is -0.394 e. The molecule has 0 aliphatic rings. The lowest BCUT2D eigenvalue weighted by Crippen LogP contribution is -2.39. The summed E-state index contributed by atoms with van der Waals surface area (Å²) in [4.78, 5) is 0. The van der Waals surface area contributed by atoms with E-state index in [4.69, 9.17) is 8.85 Å².